The number of aryl methyl sites for hydroxylation is 1. The molecule has 2 rings (SSSR count). The summed E-state index contributed by atoms with van der Waals surface area (Å²) >= 11 is 0. The highest BCUT2D eigenvalue weighted by Gasteiger charge is 2.35. The normalized spacial score (nSPS) is 47.9. The van der Waals surface area contributed by atoms with Crippen LogP contribution in [-0.4, -0.2) is 22.1 Å². The molecular formula is C11H16N2O2. The van der Waals surface area contributed by atoms with Gasteiger partial charge in [-0.25, -0.2) is 4.98 Å². The van der Waals surface area contributed by atoms with Gasteiger partial charge in [0.25, 0.3) is 0 Å². The fraction of sp³-hybridized carbons (Fsp3) is 0.636. The molecule has 0 aliphatic carbocycles. The maximum absolute atomic E-state index is 12.0. The monoisotopic (exact) mass is 218 g/mol. The molecule has 0 saturated carbocycles. The number of cyclic esters (lactones) is 1. The minimum atomic E-state index is -2.91. The van der Waals surface area contributed by atoms with Gasteiger partial charge >= 0.3 is 5.97 Å². The van der Waals surface area contributed by atoms with Gasteiger partial charge in [-0.1, -0.05) is 6.85 Å². The van der Waals surface area contributed by atoms with Crippen molar-refractivity contribution >= 4 is 5.97 Å². The minimum absolute atomic E-state index is 0.516. The first-order chi connectivity index (χ1) is 11.1. The quantitative estimate of drug-likeness (QED) is 0.715. The molecule has 2 heterocycles. The molecule has 1 aromatic rings. The standard InChI is InChI=1S/C11H16N2O2/c1-3-10-8(6-15-11(10)14)4-9-5-12-7-13(9)2/h5,7-8,10H,3-4,6H2,1-2H3/t8-,10-/m0/s1/i1D3,2D3,4D2,8D,10D. The molecule has 0 aromatic carbocycles. The molecular weight excluding hydrogens is 192 g/mol. The van der Waals surface area contributed by atoms with Crippen molar-refractivity contribution in [2.75, 3.05) is 6.61 Å². The smallest absolute Gasteiger partial charge is 0.309 e. The lowest BCUT2D eigenvalue weighted by atomic mass is 9.89. The number of esters is 1. The maximum atomic E-state index is 12.0. The van der Waals surface area contributed by atoms with Crippen molar-refractivity contribution in [1.29, 1.82) is 0 Å². The Balaban J connectivity index is 2.61. The Morgan fingerprint density at radius 2 is 2.87 bits per heavy atom. The Bertz CT molecular complexity index is 681. The molecule has 1 aliphatic rings. The zero-order valence-corrected chi connectivity index (χ0v) is 7.78. The molecule has 82 valence electrons. The summed E-state index contributed by atoms with van der Waals surface area (Å²) in [6.07, 6.45) is -2.29. The molecule has 2 atom stereocenters. The van der Waals surface area contributed by atoms with Crippen molar-refractivity contribution in [3.63, 3.8) is 0 Å². The van der Waals surface area contributed by atoms with Gasteiger partial charge in [-0.2, -0.15) is 0 Å². The van der Waals surface area contributed by atoms with E-state index in [2.05, 4.69) is 9.72 Å². The van der Waals surface area contributed by atoms with Crippen molar-refractivity contribution in [3.8, 4) is 0 Å². The van der Waals surface area contributed by atoms with Crippen molar-refractivity contribution < 1.29 is 23.2 Å². The van der Waals surface area contributed by atoms with Gasteiger partial charge in [0, 0.05) is 38.5 Å². The zero-order chi connectivity index (χ0) is 19.5. The molecule has 4 heteroatoms. The number of nitrogens with zero attached hydrogens (tertiary/aromatic N) is 2. The third-order valence-corrected chi connectivity index (χ3v) is 2.05. The van der Waals surface area contributed by atoms with Crippen LogP contribution < -0.4 is 0 Å². The molecule has 1 saturated heterocycles. The minimum Gasteiger partial charge on any atom is -0.465 e. The van der Waals surface area contributed by atoms with Crippen LogP contribution in [0.5, 0.6) is 0 Å². The van der Waals surface area contributed by atoms with E-state index in [0.29, 0.717) is 4.57 Å². The fourth-order valence-corrected chi connectivity index (χ4v) is 1.27. The summed E-state index contributed by atoms with van der Waals surface area (Å²) < 4.78 is 82.6. The molecule has 0 radical (unpaired) electrons. The van der Waals surface area contributed by atoms with Crippen LogP contribution in [-0.2, 0) is 22.9 Å². The summed E-state index contributed by atoms with van der Waals surface area (Å²) in [5.74, 6) is -6.76. The van der Waals surface area contributed by atoms with E-state index in [1.165, 1.54) is 0 Å². The van der Waals surface area contributed by atoms with Crippen LogP contribution in [0.3, 0.4) is 0 Å². The second kappa shape index (κ2) is 4.04. The Hall–Kier alpha value is -1.32. The number of imidazole rings is 1. The van der Waals surface area contributed by atoms with Crippen molar-refractivity contribution in [2.24, 2.45) is 18.8 Å². The van der Waals surface area contributed by atoms with Gasteiger partial charge in [0.2, 0.25) is 0 Å². The van der Waals surface area contributed by atoms with Crippen molar-refractivity contribution in [2.45, 2.75) is 19.6 Å². The predicted molar refractivity (Wildman–Crippen MR) is 55.1 cm³/mol. The Morgan fingerprint density at radius 1 is 1.93 bits per heavy atom. The highest BCUT2D eigenvalue weighted by Crippen LogP contribution is 2.27. The van der Waals surface area contributed by atoms with Gasteiger partial charge in [-0.15, -0.1) is 0 Å². The van der Waals surface area contributed by atoms with E-state index < -0.39 is 56.7 Å². The first kappa shape index (κ1) is 3.61. The number of ether oxygens (including phenoxy) is 1. The summed E-state index contributed by atoms with van der Waals surface area (Å²) in [5.41, 5.74) is -0.567. The predicted octanol–water partition coefficient (Wildman–Crippen LogP) is 1.16. The number of carbonyl (C=O) groups excluding carboxylic acids is 1. The van der Waals surface area contributed by atoms with Crippen molar-refractivity contribution in [1.82, 2.24) is 9.55 Å². The van der Waals surface area contributed by atoms with Gasteiger partial charge in [-0.05, 0) is 12.8 Å². The topological polar surface area (TPSA) is 44.1 Å². The largest absolute Gasteiger partial charge is 0.465 e. The molecule has 0 bridgehead atoms. The number of rotatable bonds is 3. The molecule has 15 heavy (non-hydrogen) atoms. The molecule has 1 aliphatic heterocycles. The lowest BCUT2D eigenvalue weighted by Crippen LogP contribution is -2.18. The average molecular weight is 218 g/mol. The van der Waals surface area contributed by atoms with Gasteiger partial charge in [0.05, 0.1) is 18.8 Å². The highest BCUT2D eigenvalue weighted by atomic mass is 16.5. The van der Waals surface area contributed by atoms with E-state index in [1.54, 1.807) is 0 Å². The van der Waals surface area contributed by atoms with Crippen LogP contribution in [0.4, 0.5) is 0 Å². The number of carbonyl (C=O) groups is 1. The SMILES string of the molecule is [2H]C([2H])([2H])C[C@]1([2H])C(=O)OC[C@]1([2H])C([2H])([2H])c1cncn1C([2H])([2H])[2H]. The molecule has 0 N–H and O–H groups in total. The van der Waals surface area contributed by atoms with Crippen LogP contribution in [0.25, 0.3) is 0 Å². The fourth-order valence-electron chi connectivity index (χ4n) is 1.27. The number of hydrogen-bond acceptors (Lipinski definition) is 3. The van der Waals surface area contributed by atoms with E-state index in [-0.39, 0.29) is 0 Å². The first-order valence-electron chi connectivity index (χ1n) is 9.27. The molecule has 0 unspecified atom stereocenters. The third kappa shape index (κ3) is 1.89. The summed E-state index contributed by atoms with van der Waals surface area (Å²) in [6, 6.07) is 0. The van der Waals surface area contributed by atoms with Crippen molar-refractivity contribution in [3.05, 3.63) is 18.2 Å². The number of hydrogen-bond donors (Lipinski definition) is 0. The highest BCUT2D eigenvalue weighted by molar-refractivity contribution is 5.74. The summed E-state index contributed by atoms with van der Waals surface area (Å²) in [6.45, 7) is -6.49. The Kier molecular flexibility index (Phi) is 0.974. The molecule has 1 aromatic heterocycles. The summed E-state index contributed by atoms with van der Waals surface area (Å²) in [5, 5.41) is 0. The van der Waals surface area contributed by atoms with E-state index >= 15 is 0 Å². The lowest BCUT2D eigenvalue weighted by molar-refractivity contribution is -0.141. The van der Waals surface area contributed by atoms with E-state index in [4.69, 9.17) is 13.7 Å². The summed E-state index contributed by atoms with van der Waals surface area (Å²) in [4.78, 5) is 15.6. The molecule has 0 amide bonds. The Labute approximate surface area is 103 Å². The number of aromatic nitrogens is 2. The molecule has 0 spiro atoms. The van der Waals surface area contributed by atoms with Gasteiger partial charge < -0.3 is 9.30 Å². The molecule has 4 nitrogen and oxygen atoms in total. The van der Waals surface area contributed by atoms with Crippen LogP contribution >= 0.6 is 0 Å². The van der Waals surface area contributed by atoms with Crippen LogP contribution in [0.2, 0.25) is 0 Å². The zero-order valence-electron chi connectivity index (χ0n) is 17.8. The second-order valence-electron chi connectivity index (χ2n) is 2.98. The third-order valence-electron chi connectivity index (χ3n) is 2.05. The summed E-state index contributed by atoms with van der Waals surface area (Å²) in [7, 11) is 0. The van der Waals surface area contributed by atoms with Gasteiger partial charge in [0.1, 0.15) is 0 Å². The lowest BCUT2D eigenvalue weighted by Gasteiger charge is -2.12. The van der Waals surface area contributed by atoms with Crippen LogP contribution in [0, 0.1) is 11.8 Å². The van der Waals surface area contributed by atoms with Gasteiger partial charge in [-0.3, -0.25) is 4.79 Å². The molecule has 1 fully saturated rings. The van der Waals surface area contributed by atoms with E-state index in [9.17, 15) is 4.79 Å². The van der Waals surface area contributed by atoms with E-state index in [1.807, 2.05) is 0 Å². The second-order valence-corrected chi connectivity index (χ2v) is 2.98. The maximum Gasteiger partial charge on any atom is 0.309 e. The first-order valence-corrected chi connectivity index (χ1v) is 4.27. The Morgan fingerprint density at radius 3 is 3.67 bits per heavy atom. The van der Waals surface area contributed by atoms with Gasteiger partial charge in [0.15, 0.2) is 0 Å². The van der Waals surface area contributed by atoms with E-state index in [0.717, 1.165) is 12.5 Å². The van der Waals surface area contributed by atoms with Crippen LogP contribution in [0.1, 0.15) is 32.7 Å². The van der Waals surface area contributed by atoms with Crippen LogP contribution in [0.15, 0.2) is 12.5 Å². The average Bonchev–Trinajstić information content (AvgIpc) is 2.98.